The largest absolute Gasteiger partial charge is 2.00 e. The van der Waals surface area contributed by atoms with Crippen molar-refractivity contribution < 1.29 is 25.8 Å². The molecule has 3 aromatic heterocycles. The summed E-state index contributed by atoms with van der Waals surface area (Å²) >= 11 is 0. The number of aryl methyl sites for hydroxylation is 2. The molecule has 250 valence electrons. The molecule has 0 bridgehead atoms. The molecule has 0 atom stereocenters. The molecule has 4 aromatic carbocycles. The predicted octanol–water partition coefficient (Wildman–Crippen LogP) is 10.9. The Kier molecular flexibility index (Phi) is 8.96. The molecular formula is C43H42N4OPt. The number of rotatable bonds is 5. The first-order valence-electron chi connectivity index (χ1n) is 16.6. The number of pyridine rings is 1. The van der Waals surface area contributed by atoms with Gasteiger partial charge in [-0.2, -0.15) is 11.2 Å². The quantitative estimate of drug-likeness (QED) is 0.162. The molecule has 0 unspecified atom stereocenters. The van der Waals surface area contributed by atoms with Crippen molar-refractivity contribution in [3.8, 4) is 34.1 Å². The van der Waals surface area contributed by atoms with E-state index in [-0.39, 0.29) is 31.9 Å². The van der Waals surface area contributed by atoms with Crippen LogP contribution in [0, 0.1) is 32.9 Å². The molecule has 0 spiro atoms. The number of aromatic nitrogens is 4. The summed E-state index contributed by atoms with van der Waals surface area (Å²) < 4.78 is 10.8. The summed E-state index contributed by atoms with van der Waals surface area (Å²) in [6.07, 6.45) is 1.90. The van der Waals surface area contributed by atoms with Crippen LogP contribution in [0.1, 0.15) is 69.6 Å². The minimum absolute atomic E-state index is 0. The van der Waals surface area contributed by atoms with Crippen LogP contribution in [0.5, 0.6) is 11.5 Å². The van der Waals surface area contributed by atoms with Gasteiger partial charge in [0.15, 0.2) is 0 Å². The van der Waals surface area contributed by atoms with Crippen molar-refractivity contribution in [3.63, 3.8) is 0 Å². The average Bonchev–Trinajstić information content (AvgIpc) is 3.53. The third kappa shape index (κ3) is 6.49. The van der Waals surface area contributed by atoms with Crippen molar-refractivity contribution in [3.05, 3.63) is 131 Å². The molecule has 0 saturated heterocycles. The summed E-state index contributed by atoms with van der Waals surface area (Å²) in [5.74, 6) is 2.09. The zero-order chi connectivity index (χ0) is 34.0. The van der Waals surface area contributed by atoms with E-state index in [1.807, 2.05) is 16.9 Å². The molecule has 7 rings (SSSR count). The predicted molar refractivity (Wildman–Crippen MR) is 197 cm³/mol. The molecule has 0 N–H and O–H groups in total. The number of ether oxygens (including phenoxy) is 1. The van der Waals surface area contributed by atoms with Crippen LogP contribution in [-0.4, -0.2) is 19.3 Å². The summed E-state index contributed by atoms with van der Waals surface area (Å²) in [5.41, 5.74) is 10.6. The normalized spacial score (nSPS) is 12.0. The molecule has 0 aliphatic heterocycles. The van der Waals surface area contributed by atoms with Gasteiger partial charge in [-0.1, -0.05) is 95.1 Å². The van der Waals surface area contributed by atoms with E-state index in [0.717, 1.165) is 61.4 Å². The first-order chi connectivity index (χ1) is 22.8. The van der Waals surface area contributed by atoms with Gasteiger partial charge in [-0.25, -0.2) is 4.98 Å². The first kappa shape index (κ1) is 34.4. The smallest absolute Gasteiger partial charge is 0.509 e. The average molecular weight is 826 g/mol. The summed E-state index contributed by atoms with van der Waals surface area (Å²) in [5, 5.41) is 7.24. The summed E-state index contributed by atoms with van der Waals surface area (Å²) in [6.45, 7) is 19.6. The molecule has 0 radical (unpaired) electrons. The minimum Gasteiger partial charge on any atom is -0.509 e. The second-order valence-corrected chi connectivity index (χ2v) is 14.9. The van der Waals surface area contributed by atoms with Gasteiger partial charge in [0.05, 0.1) is 5.69 Å². The van der Waals surface area contributed by atoms with Crippen LogP contribution in [0.15, 0.2) is 91.1 Å². The maximum atomic E-state index is 6.64. The van der Waals surface area contributed by atoms with E-state index in [2.05, 4.69) is 158 Å². The Bertz CT molecular complexity index is 2310. The molecule has 7 aromatic rings. The summed E-state index contributed by atoms with van der Waals surface area (Å²) in [4.78, 5) is 4.82. The minimum atomic E-state index is -0.123. The van der Waals surface area contributed by atoms with Gasteiger partial charge in [-0.15, -0.1) is 41.3 Å². The second kappa shape index (κ2) is 12.8. The van der Waals surface area contributed by atoms with Crippen LogP contribution in [-0.2, 0) is 31.9 Å². The van der Waals surface area contributed by atoms with Crippen LogP contribution >= 0.6 is 0 Å². The van der Waals surface area contributed by atoms with Gasteiger partial charge < -0.3 is 9.30 Å². The third-order valence-corrected chi connectivity index (χ3v) is 9.17. The Labute approximate surface area is 304 Å². The fourth-order valence-corrected chi connectivity index (χ4v) is 6.44. The Morgan fingerprint density at radius 3 is 2.12 bits per heavy atom. The van der Waals surface area contributed by atoms with Crippen LogP contribution < -0.4 is 4.74 Å². The molecule has 0 saturated carbocycles. The fourth-order valence-electron chi connectivity index (χ4n) is 6.44. The van der Waals surface area contributed by atoms with E-state index in [0.29, 0.717) is 11.5 Å². The van der Waals surface area contributed by atoms with Crippen molar-refractivity contribution >= 4 is 21.8 Å². The molecule has 0 fully saturated rings. The Hall–Kier alpha value is -4.47. The van der Waals surface area contributed by atoms with Crippen molar-refractivity contribution in [1.82, 2.24) is 19.3 Å². The van der Waals surface area contributed by atoms with Gasteiger partial charge in [0.1, 0.15) is 5.82 Å². The number of nitrogens with zero attached hydrogens (tertiary/aromatic N) is 4. The maximum Gasteiger partial charge on any atom is 2.00 e. The van der Waals surface area contributed by atoms with Crippen LogP contribution in [0.25, 0.3) is 44.4 Å². The molecule has 0 aliphatic carbocycles. The molecule has 0 aliphatic rings. The van der Waals surface area contributed by atoms with E-state index in [4.69, 9.17) is 14.8 Å². The van der Waals surface area contributed by atoms with E-state index in [1.54, 1.807) is 0 Å². The number of hydrogen-bond acceptors (Lipinski definition) is 3. The van der Waals surface area contributed by atoms with E-state index in [1.165, 1.54) is 11.1 Å². The van der Waals surface area contributed by atoms with Crippen molar-refractivity contribution in [2.75, 3.05) is 0 Å². The Morgan fingerprint density at radius 1 is 0.694 bits per heavy atom. The van der Waals surface area contributed by atoms with Crippen LogP contribution in [0.4, 0.5) is 0 Å². The van der Waals surface area contributed by atoms with Crippen molar-refractivity contribution in [2.45, 2.75) is 73.1 Å². The summed E-state index contributed by atoms with van der Waals surface area (Å²) in [6, 6.07) is 36.9. The number of para-hydroxylation sites is 1. The SMILES string of the molecule is Cc1ccc(-c2c(C)nn(-c3[c-]c(Oc4[c-]c5c(cc4)c4ccccc4n5-c4cc(C(C)(C)C)ccn4)cc(C(C)(C)C)c3)c2C)cc1.[Pt+2]. The number of benzene rings is 4. The first-order valence-corrected chi connectivity index (χ1v) is 16.6. The van der Waals surface area contributed by atoms with Gasteiger partial charge in [0, 0.05) is 34.5 Å². The van der Waals surface area contributed by atoms with E-state index >= 15 is 0 Å². The van der Waals surface area contributed by atoms with Crippen molar-refractivity contribution in [2.24, 2.45) is 0 Å². The molecule has 5 nitrogen and oxygen atoms in total. The monoisotopic (exact) mass is 825 g/mol. The third-order valence-electron chi connectivity index (χ3n) is 9.17. The van der Waals surface area contributed by atoms with Gasteiger partial charge in [-0.05, 0) is 72.0 Å². The molecule has 6 heteroatoms. The molecule has 49 heavy (non-hydrogen) atoms. The van der Waals surface area contributed by atoms with Crippen LogP contribution in [0.3, 0.4) is 0 Å². The van der Waals surface area contributed by atoms with Gasteiger partial charge >= 0.3 is 21.1 Å². The van der Waals surface area contributed by atoms with Crippen molar-refractivity contribution in [1.29, 1.82) is 0 Å². The molecular weight excluding hydrogens is 784 g/mol. The standard InChI is InChI=1S/C43H42N4O.Pt/c1-27-14-16-30(17-15-27)41-28(2)45-47(29(41)3)33-22-32(43(7,8)9)23-35(25-33)48-34-18-19-37-36-12-10-11-13-38(36)46(39(37)26-34)40-24-31(20-21-44-40)42(4,5)6;/h10-24H,1-9H3;/q-2;+2. The Morgan fingerprint density at radius 2 is 1.41 bits per heavy atom. The second-order valence-electron chi connectivity index (χ2n) is 14.9. The zero-order valence-electron chi connectivity index (χ0n) is 29.7. The number of hydrogen-bond donors (Lipinski definition) is 0. The van der Waals surface area contributed by atoms with Gasteiger partial charge in [0.2, 0.25) is 0 Å². The van der Waals surface area contributed by atoms with Crippen LogP contribution in [0.2, 0.25) is 0 Å². The maximum absolute atomic E-state index is 6.64. The zero-order valence-corrected chi connectivity index (χ0v) is 31.9. The summed E-state index contributed by atoms with van der Waals surface area (Å²) in [7, 11) is 0. The van der Waals surface area contributed by atoms with Gasteiger partial charge in [-0.3, -0.25) is 4.68 Å². The Balaban J connectivity index is 0.00000417. The van der Waals surface area contributed by atoms with E-state index < -0.39 is 0 Å². The number of fused-ring (bicyclic) bond motifs is 3. The topological polar surface area (TPSA) is 44.9 Å². The van der Waals surface area contributed by atoms with Gasteiger partial charge in [0.25, 0.3) is 0 Å². The molecule has 0 amide bonds. The fraction of sp³-hybridized carbons (Fsp3) is 0.256. The molecule has 3 heterocycles. The van der Waals surface area contributed by atoms with E-state index in [9.17, 15) is 0 Å².